The molecule has 0 amide bonds. The van der Waals surface area contributed by atoms with Crippen molar-refractivity contribution in [1.29, 1.82) is 5.26 Å². The van der Waals surface area contributed by atoms with Gasteiger partial charge >= 0.3 is 0 Å². The molecule has 0 aliphatic heterocycles. The molecular formula is C16H14FNO2. The predicted molar refractivity (Wildman–Crippen MR) is 72.9 cm³/mol. The normalized spacial score (nSPS) is 11.7. The fourth-order valence-corrected chi connectivity index (χ4v) is 1.85. The van der Waals surface area contributed by atoms with Crippen LogP contribution in [0.15, 0.2) is 42.5 Å². The van der Waals surface area contributed by atoms with E-state index >= 15 is 0 Å². The van der Waals surface area contributed by atoms with Crippen LogP contribution in [0.1, 0.15) is 30.6 Å². The van der Waals surface area contributed by atoms with Crippen molar-refractivity contribution >= 4 is 0 Å². The van der Waals surface area contributed by atoms with E-state index in [1.54, 1.807) is 30.3 Å². The molecule has 0 aliphatic carbocycles. The SMILES string of the molecule is CC[C@@H](O)c1ccccc1Oc1ccc(C#N)c(F)c1. The van der Waals surface area contributed by atoms with E-state index in [9.17, 15) is 9.50 Å². The zero-order valence-corrected chi connectivity index (χ0v) is 11.0. The van der Waals surface area contributed by atoms with Crippen molar-refractivity contribution in [1.82, 2.24) is 0 Å². The Morgan fingerprint density at radius 1 is 1.30 bits per heavy atom. The average molecular weight is 271 g/mol. The standard InChI is InChI=1S/C16H14FNO2/c1-2-15(19)13-5-3-4-6-16(13)20-12-8-7-11(10-18)14(17)9-12/h3-9,15,19H,2H2,1H3/t15-/m1/s1. The van der Waals surface area contributed by atoms with Gasteiger partial charge < -0.3 is 9.84 Å². The zero-order chi connectivity index (χ0) is 14.5. The summed E-state index contributed by atoms with van der Waals surface area (Å²) in [4.78, 5) is 0. The van der Waals surface area contributed by atoms with Crippen molar-refractivity contribution in [2.24, 2.45) is 0 Å². The molecular weight excluding hydrogens is 257 g/mol. The number of aliphatic hydroxyl groups is 1. The van der Waals surface area contributed by atoms with E-state index in [0.717, 1.165) is 6.07 Å². The first-order chi connectivity index (χ1) is 9.65. The highest BCUT2D eigenvalue weighted by molar-refractivity contribution is 5.41. The molecule has 1 atom stereocenters. The van der Waals surface area contributed by atoms with Gasteiger partial charge in [0.1, 0.15) is 23.4 Å². The van der Waals surface area contributed by atoms with E-state index in [0.29, 0.717) is 17.7 Å². The summed E-state index contributed by atoms with van der Waals surface area (Å²) in [5.74, 6) is 0.140. The van der Waals surface area contributed by atoms with E-state index in [2.05, 4.69) is 0 Å². The van der Waals surface area contributed by atoms with Crippen LogP contribution in [0, 0.1) is 17.1 Å². The first-order valence-corrected chi connectivity index (χ1v) is 6.30. The number of hydrogen-bond donors (Lipinski definition) is 1. The second kappa shape index (κ2) is 6.18. The van der Waals surface area contributed by atoms with Gasteiger partial charge in [-0.2, -0.15) is 5.26 Å². The predicted octanol–water partition coefficient (Wildman–Crippen LogP) is 3.93. The number of para-hydroxylation sites is 1. The van der Waals surface area contributed by atoms with Gasteiger partial charge in [-0.25, -0.2) is 4.39 Å². The van der Waals surface area contributed by atoms with Crippen molar-refractivity contribution in [2.45, 2.75) is 19.4 Å². The first-order valence-electron chi connectivity index (χ1n) is 6.30. The number of hydrogen-bond acceptors (Lipinski definition) is 3. The summed E-state index contributed by atoms with van der Waals surface area (Å²) in [6.45, 7) is 1.86. The number of benzene rings is 2. The smallest absolute Gasteiger partial charge is 0.144 e. The monoisotopic (exact) mass is 271 g/mol. The largest absolute Gasteiger partial charge is 0.457 e. The molecule has 2 aromatic carbocycles. The molecule has 4 heteroatoms. The lowest BCUT2D eigenvalue weighted by Gasteiger charge is -2.14. The van der Waals surface area contributed by atoms with Gasteiger partial charge in [-0.05, 0) is 24.6 Å². The zero-order valence-electron chi connectivity index (χ0n) is 11.0. The van der Waals surface area contributed by atoms with Crippen molar-refractivity contribution in [3.63, 3.8) is 0 Å². The van der Waals surface area contributed by atoms with Crippen LogP contribution in [0.2, 0.25) is 0 Å². The van der Waals surface area contributed by atoms with E-state index in [4.69, 9.17) is 10.00 Å². The Balaban J connectivity index is 2.31. The van der Waals surface area contributed by atoms with Crippen LogP contribution in [0.3, 0.4) is 0 Å². The molecule has 102 valence electrons. The molecule has 0 bridgehead atoms. The summed E-state index contributed by atoms with van der Waals surface area (Å²) in [5, 5.41) is 18.6. The number of halogens is 1. The fraction of sp³-hybridized carbons (Fsp3) is 0.188. The number of aliphatic hydroxyl groups excluding tert-OH is 1. The second-order valence-electron chi connectivity index (χ2n) is 4.32. The maximum absolute atomic E-state index is 13.5. The Kier molecular flexibility index (Phi) is 4.34. The van der Waals surface area contributed by atoms with Crippen molar-refractivity contribution < 1.29 is 14.2 Å². The summed E-state index contributed by atoms with van der Waals surface area (Å²) < 4.78 is 19.1. The molecule has 0 saturated heterocycles. The Bertz CT molecular complexity index is 649. The summed E-state index contributed by atoms with van der Waals surface area (Å²) in [6.07, 6.45) is -0.0725. The van der Waals surface area contributed by atoms with Crippen molar-refractivity contribution in [3.05, 3.63) is 59.4 Å². The Morgan fingerprint density at radius 2 is 2.05 bits per heavy atom. The van der Waals surface area contributed by atoms with Gasteiger partial charge in [0.2, 0.25) is 0 Å². The molecule has 3 nitrogen and oxygen atoms in total. The van der Waals surface area contributed by atoms with Gasteiger partial charge in [0.25, 0.3) is 0 Å². The molecule has 0 fully saturated rings. The minimum Gasteiger partial charge on any atom is -0.457 e. The lowest BCUT2D eigenvalue weighted by molar-refractivity contribution is 0.170. The molecule has 0 aromatic heterocycles. The van der Waals surface area contributed by atoms with Gasteiger partial charge in [-0.15, -0.1) is 0 Å². The van der Waals surface area contributed by atoms with Crippen LogP contribution in [-0.2, 0) is 0 Å². The van der Waals surface area contributed by atoms with Gasteiger partial charge in [0.15, 0.2) is 0 Å². The number of nitriles is 1. The molecule has 0 unspecified atom stereocenters. The molecule has 0 heterocycles. The van der Waals surface area contributed by atoms with Crippen LogP contribution >= 0.6 is 0 Å². The molecule has 2 aromatic rings. The quantitative estimate of drug-likeness (QED) is 0.916. The Labute approximate surface area is 116 Å². The van der Waals surface area contributed by atoms with E-state index in [1.165, 1.54) is 12.1 Å². The highest BCUT2D eigenvalue weighted by Crippen LogP contribution is 2.31. The van der Waals surface area contributed by atoms with Gasteiger partial charge in [0, 0.05) is 11.6 Å². The molecule has 0 aliphatic rings. The van der Waals surface area contributed by atoms with Crippen LogP contribution in [0.5, 0.6) is 11.5 Å². The van der Waals surface area contributed by atoms with Gasteiger partial charge in [0.05, 0.1) is 11.7 Å². The maximum Gasteiger partial charge on any atom is 0.144 e. The van der Waals surface area contributed by atoms with Crippen LogP contribution in [0.4, 0.5) is 4.39 Å². The van der Waals surface area contributed by atoms with Crippen molar-refractivity contribution in [2.75, 3.05) is 0 Å². The average Bonchev–Trinajstić information content (AvgIpc) is 2.47. The lowest BCUT2D eigenvalue weighted by Crippen LogP contribution is -1.99. The highest BCUT2D eigenvalue weighted by Gasteiger charge is 2.12. The topological polar surface area (TPSA) is 53.2 Å². The third-order valence-corrected chi connectivity index (χ3v) is 2.95. The Morgan fingerprint density at radius 3 is 2.70 bits per heavy atom. The summed E-state index contributed by atoms with van der Waals surface area (Å²) >= 11 is 0. The fourth-order valence-electron chi connectivity index (χ4n) is 1.85. The lowest BCUT2D eigenvalue weighted by atomic mass is 10.1. The second-order valence-corrected chi connectivity index (χ2v) is 4.32. The van der Waals surface area contributed by atoms with Gasteiger partial charge in [-0.3, -0.25) is 0 Å². The minimum atomic E-state index is -0.630. The van der Waals surface area contributed by atoms with Crippen LogP contribution < -0.4 is 4.74 Å². The minimum absolute atomic E-state index is 0.0285. The first kappa shape index (κ1) is 14.0. The number of rotatable bonds is 4. The van der Waals surface area contributed by atoms with E-state index in [1.807, 2.05) is 6.92 Å². The summed E-state index contributed by atoms with van der Waals surface area (Å²) in [7, 11) is 0. The van der Waals surface area contributed by atoms with E-state index in [-0.39, 0.29) is 11.3 Å². The molecule has 2 rings (SSSR count). The van der Waals surface area contributed by atoms with Crippen LogP contribution in [-0.4, -0.2) is 5.11 Å². The van der Waals surface area contributed by atoms with E-state index < -0.39 is 11.9 Å². The molecule has 0 radical (unpaired) electrons. The maximum atomic E-state index is 13.5. The molecule has 0 saturated carbocycles. The number of ether oxygens (including phenoxy) is 1. The summed E-state index contributed by atoms with van der Waals surface area (Å²) in [6, 6.07) is 12.9. The van der Waals surface area contributed by atoms with Crippen molar-refractivity contribution in [3.8, 4) is 17.6 Å². The summed E-state index contributed by atoms with van der Waals surface area (Å²) in [5.41, 5.74) is 0.624. The molecule has 1 N–H and O–H groups in total. The molecule has 20 heavy (non-hydrogen) atoms. The molecule has 0 spiro atoms. The Hall–Kier alpha value is -2.38. The van der Waals surface area contributed by atoms with Crippen LogP contribution in [0.25, 0.3) is 0 Å². The number of nitrogens with zero attached hydrogens (tertiary/aromatic N) is 1. The third-order valence-electron chi connectivity index (χ3n) is 2.95. The highest BCUT2D eigenvalue weighted by atomic mass is 19.1. The van der Waals surface area contributed by atoms with Gasteiger partial charge in [-0.1, -0.05) is 25.1 Å². The third kappa shape index (κ3) is 2.95.